The normalized spacial score (nSPS) is 11.2. The molecule has 3 aromatic rings. The van der Waals surface area contributed by atoms with Gasteiger partial charge in [0.25, 0.3) is 5.22 Å². The van der Waals surface area contributed by atoms with Gasteiger partial charge in [0.05, 0.1) is 5.75 Å². The first-order chi connectivity index (χ1) is 12.1. The van der Waals surface area contributed by atoms with Crippen molar-refractivity contribution in [1.82, 2.24) is 10.3 Å². The van der Waals surface area contributed by atoms with Crippen LogP contribution in [0.2, 0.25) is 0 Å². The molecule has 0 saturated carbocycles. The van der Waals surface area contributed by atoms with Crippen molar-refractivity contribution >= 4 is 28.8 Å². The van der Waals surface area contributed by atoms with E-state index in [4.69, 9.17) is 4.42 Å². The van der Waals surface area contributed by atoms with E-state index in [-0.39, 0.29) is 5.91 Å². The van der Waals surface area contributed by atoms with Gasteiger partial charge in [-0.05, 0) is 35.6 Å². The number of oxazole rings is 1. The van der Waals surface area contributed by atoms with Crippen molar-refractivity contribution in [2.45, 2.75) is 31.4 Å². The van der Waals surface area contributed by atoms with Crippen LogP contribution in [0.5, 0.6) is 0 Å². The SMILES string of the molecule is CC(C)c1ccc(CCNC(=O)CSc2nc3ccccc3o2)cc1. The fraction of sp³-hybridized carbons (Fsp3) is 0.300. The molecule has 1 amide bonds. The smallest absolute Gasteiger partial charge is 0.257 e. The number of nitrogens with one attached hydrogen (secondary N) is 1. The number of carbonyl (C=O) groups excluding carboxylic acids is 1. The average Bonchev–Trinajstić information content (AvgIpc) is 3.03. The fourth-order valence-electron chi connectivity index (χ4n) is 2.51. The predicted octanol–water partition coefficient (Wildman–Crippen LogP) is 4.40. The average molecular weight is 354 g/mol. The van der Waals surface area contributed by atoms with Gasteiger partial charge in [0.2, 0.25) is 5.91 Å². The lowest BCUT2D eigenvalue weighted by atomic mass is 10.0. The summed E-state index contributed by atoms with van der Waals surface area (Å²) in [4.78, 5) is 16.3. The molecule has 5 heteroatoms. The maximum atomic E-state index is 12.0. The lowest BCUT2D eigenvalue weighted by Crippen LogP contribution is -2.27. The highest BCUT2D eigenvalue weighted by molar-refractivity contribution is 7.99. The highest BCUT2D eigenvalue weighted by Crippen LogP contribution is 2.22. The number of nitrogens with zero attached hydrogens (tertiary/aromatic N) is 1. The quantitative estimate of drug-likeness (QED) is 0.639. The Morgan fingerprint density at radius 1 is 1.16 bits per heavy atom. The Labute approximate surface area is 152 Å². The Morgan fingerprint density at radius 3 is 2.64 bits per heavy atom. The minimum Gasteiger partial charge on any atom is -0.431 e. The third-order valence-corrected chi connectivity index (χ3v) is 4.81. The van der Waals surface area contributed by atoms with Crippen molar-refractivity contribution in [3.8, 4) is 0 Å². The number of hydrogen-bond acceptors (Lipinski definition) is 4. The van der Waals surface area contributed by atoms with Gasteiger partial charge < -0.3 is 9.73 Å². The number of fused-ring (bicyclic) bond motifs is 1. The number of amides is 1. The van der Waals surface area contributed by atoms with Crippen molar-refractivity contribution < 1.29 is 9.21 Å². The molecule has 0 bridgehead atoms. The summed E-state index contributed by atoms with van der Waals surface area (Å²) in [7, 11) is 0. The molecule has 2 aromatic carbocycles. The van der Waals surface area contributed by atoms with E-state index in [0.717, 1.165) is 17.5 Å². The van der Waals surface area contributed by atoms with Crippen molar-refractivity contribution in [3.05, 3.63) is 59.7 Å². The second-order valence-corrected chi connectivity index (χ2v) is 7.16. The van der Waals surface area contributed by atoms with Gasteiger partial charge in [0, 0.05) is 6.54 Å². The first-order valence-corrected chi connectivity index (χ1v) is 9.44. The third kappa shape index (κ3) is 4.86. The van der Waals surface area contributed by atoms with Crippen molar-refractivity contribution in [2.75, 3.05) is 12.3 Å². The number of hydrogen-bond donors (Lipinski definition) is 1. The summed E-state index contributed by atoms with van der Waals surface area (Å²) >= 11 is 1.32. The summed E-state index contributed by atoms with van der Waals surface area (Å²) in [6.45, 7) is 5.00. The van der Waals surface area contributed by atoms with Crippen LogP contribution in [-0.2, 0) is 11.2 Å². The van der Waals surface area contributed by atoms with Crippen LogP contribution in [0.25, 0.3) is 11.1 Å². The van der Waals surface area contributed by atoms with E-state index in [1.165, 1.54) is 22.9 Å². The van der Waals surface area contributed by atoms with Gasteiger partial charge in [-0.3, -0.25) is 4.79 Å². The van der Waals surface area contributed by atoms with Crippen LogP contribution in [0, 0.1) is 0 Å². The number of carbonyl (C=O) groups is 1. The van der Waals surface area contributed by atoms with Crippen LogP contribution >= 0.6 is 11.8 Å². The van der Waals surface area contributed by atoms with Crippen LogP contribution in [0.4, 0.5) is 0 Å². The van der Waals surface area contributed by atoms with E-state index >= 15 is 0 Å². The molecule has 4 nitrogen and oxygen atoms in total. The molecule has 0 fully saturated rings. The minimum absolute atomic E-state index is 0.00828. The second-order valence-electron chi connectivity index (χ2n) is 6.23. The predicted molar refractivity (Wildman–Crippen MR) is 102 cm³/mol. The number of para-hydroxylation sites is 2. The van der Waals surface area contributed by atoms with Crippen molar-refractivity contribution in [1.29, 1.82) is 0 Å². The van der Waals surface area contributed by atoms with E-state index in [9.17, 15) is 4.79 Å². The lowest BCUT2D eigenvalue weighted by Gasteiger charge is -2.07. The molecular formula is C20H22N2O2S. The van der Waals surface area contributed by atoms with E-state index in [0.29, 0.717) is 23.4 Å². The molecule has 1 aromatic heterocycles. The molecular weight excluding hydrogens is 332 g/mol. The van der Waals surface area contributed by atoms with Crippen LogP contribution in [0.15, 0.2) is 58.2 Å². The fourth-order valence-corrected chi connectivity index (χ4v) is 3.17. The molecule has 3 rings (SSSR count). The molecule has 1 N–H and O–H groups in total. The highest BCUT2D eigenvalue weighted by Gasteiger charge is 2.08. The molecule has 0 spiro atoms. The molecule has 0 unspecified atom stereocenters. The highest BCUT2D eigenvalue weighted by atomic mass is 32.2. The summed E-state index contributed by atoms with van der Waals surface area (Å²) in [5.74, 6) is 0.836. The van der Waals surface area contributed by atoms with Gasteiger partial charge in [-0.1, -0.05) is 62.0 Å². The molecule has 25 heavy (non-hydrogen) atoms. The molecule has 0 saturated heterocycles. The van der Waals surface area contributed by atoms with Gasteiger partial charge in [0.1, 0.15) is 5.52 Å². The summed E-state index contributed by atoms with van der Waals surface area (Å²) < 4.78 is 5.59. The topological polar surface area (TPSA) is 55.1 Å². The first-order valence-electron chi connectivity index (χ1n) is 8.46. The maximum Gasteiger partial charge on any atom is 0.257 e. The number of thioether (sulfide) groups is 1. The summed E-state index contributed by atoms with van der Waals surface area (Å²) in [6.07, 6.45) is 0.831. The zero-order valence-electron chi connectivity index (χ0n) is 14.5. The number of aromatic nitrogens is 1. The Kier molecular flexibility index (Phi) is 5.76. The Hall–Kier alpha value is -2.27. The summed E-state index contributed by atoms with van der Waals surface area (Å²) in [6, 6.07) is 16.2. The minimum atomic E-state index is -0.00828. The molecule has 1 heterocycles. The van der Waals surface area contributed by atoms with E-state index < -0.39 is 0 Å². The summed E-state index contributed by atoms with van der Waals surface area (Å²) in [5, 5.41) is 3.47. The van der Waals surface area contributed by atoms with Gasteiger partial charge in [-0.2, -0.15) is 0 Å². The third-order valence-electron chi connectivity index (χ3n) is 3.98. The monoisotopic (exact) mass is 354 g/mol. The zero-order valence-corrected chi connectivity index (χ0v) is 15.3. The van der Waals surface area contributed by atoms with E-state index in [2.05, 4.69) is 48.4 Å². The van der Waals surface area contributed by atoms with E-state index in [1.807, 2.05) is 24.3 Å². The number of rotatable bonds is 7. The molecule has 130 valence electrons. The van der Waals surface area contributed by atoms with Crippen molar-refractivity contribution in [2.24, 2.45) is 0 Å². The Morgan fingerprint density at radius 2 is 1.92 bits per heavy atom. The summed E-state index contributed by atoms with van der Waals surface area (Å²) in [5.41, 5.74) is 4.13. The Bertz CT molecular complexity index is 807. The van der Waals surface area contributed by atoms with Crippen LogP contribution in [-0.4, -0.2) is 23.2 Å². The standard InChI is InChI=1S/C20H22N2O2S/c1-14(2)16-9-7-15(8-10-16)11-12-21-19(23)13-25-20-22-17-5-3-4-6-18(17)24-20/h3-10,14H,11-13H2,1-2H3,(H,21,23). The van der Waals surface area contributed by atoms with Gasteiger partial charge in [-0.15, -0.1) is 0 Å². The molecule has 0 aliphatic rings. The lowest BCUT2D eigenvalue weighted by molar-refractivity contribution is -0.118. The van der Waals surface area contributed by atoms with Gasteiger partial charge in [-0.25, -0.2) is 4.98 Å². The van der Waals surface area contributed by atoms with Crippen LogP contribution < -0.4 is 5.32 Å². The van der Waals surface area contributed by atoms with Crippen LogP contribution in [0.1, 0.15) is 30.9 Å². The van der Waals surface area contributed by atoms with Crippen molar-refractivity contribution in [3.63, 3.8) is 0 Å². The Balaban J connectivity index is 1.42. The zero-order chi connectivity index (χ0) is 17.6. The molecule has 0 radical (unpaired) electrons. The van der Waals surface area contributed by atoms with Gasteiger partial charge in [0.15, 0.2) is 5.58 Å². The van der Waals surface area contributed by atoms with Gasteiger partial charge >= 0.3 is 0 Å². The largest absolute Gasteiger partial charge is 0.431 e. The van der Waals surface area contributed by atoms with Crippen LogP contribution in [0.3, 0.4) is 0 Å². The maximum absolute atomic E-state index is 12.0. The first kappa shape index (κ1) is 17.5. The number of benzene rings is 2. The molecule has 0 aliphatic carbocycles. The van der Waals surface area contributed by atoms with E-state index in [1.54, 1.807) is 0 Å². The molecule has 0 atom stereocenters. The molecule has 0 aliphatic heterocycles. The second kappa shape index (κ2) is 8.21.